The van der Waals surface area contributed by atoms with Gasteiger partial charge < -0.3 is 9.64 Å². The highest BCUT2D eigenvalue weighted by molar-refractivity contribution is 7.22. The highest BCUT2D eigenvalue weighted by Gasteiger charge is 2.21. The number of nitrogens with one attached hydrogen (secondary N) is 1. The van der Waals surface area contributed by atoms with E-state index in [0.717, 1.165) is 28.9 Å². The number of carbonyl (C=O) groups is 1. The van der Waals surface area contributed by atoms with Crippen molar-refractivity contribution in [1.29, 1.82) is 0 Å². The molecule has 0 radical (unpaired) electrons. The van der Waals surface area contributed by atoms with Crippen molar-refractivity contribution in [3.05, 3.63) is 53.8 Å². The van der Waals surface area contributed by atoms with E-state index in [1.165, 1.54) is 40.5 Å². The number of hydrogen-bond acceptors (Lipinski definition) is 4. The Labute approximate surface area is 162 Å². The first kappa shape index (κ1) is 19.3. The van der Waals surface area contributed by atoms with E-state index in [1.807, 2.05) is 18.2 Å². The quantitative estimate of drug-likeness (QED) is 0.677. The number of rotatable bonds is 7. The molecule has 0 atom stereocenters. The van der Waals surface area contributed by atoms with Crippen molar-refractivity contribution in [1.82, 2.24) is 4.98 Å². The van der Waals surface area contributed by atoms with Crippen LogP contribution in [0.2, 0.25) is 0 Å². The minimum Gasteiger partial charge on any atom is -0.497 e. The number of amides is 1. The maximum atomic E-state index is 13.2. The predicted octanol–water partition coefficient (Wildman–Crippen LogP) is 2.63. The molecular formula is C20H23FN3O2S+. The zero-order chi connectivity index (χ0) is 19.4. The van der Waals surface area contributed by atoms with Crippen LogP contribution in [0.5, 0.6) is 5.75 Å². The molecule has 7 heteroatoms. The summed E-state index contributed by atoms with van der Waals surface area (Å²) in [5.41, 5.74) is 1.25. The second-order valence-electron chi connectivity index (χ2n) is 6.60. The Morgan fingerprint density at radius 3 is 2.63 bits per heavy atom. The Bertz CT molecular complexity index is 925. The van der Waals surface area contributed by atoms with Gasteiger partial charge in [0, 0.05) is 24.6 Å². The fourth-order valence-corrected chi connectivity index (χ4v) is 3.73. The predicted molar refractivity (Wildman–Crippen MR) is 107 cm³/mol. The van der Waals surface area contributed by atoms with Crippen molar-refractivity contribution in [2.75, 3.05) is 39.2 Å². The van der Waals surface area contributed by atoms with Crippen LogP contribution in [0.3, 0.4) is 0 Å². The topological polar surface area (TPSA) is 46.9 Å². The van der Waals surface area contributed by atoms with Crippen LogP contribution in [0, 0.1) is 5.82 Å². The molecular weight excluding hydrogens is 365 g/mol. The number of quaternary nitrogens is 1. The molecule has 0 fully saturated rings. The van der Waals surface area contributed by atoms with Crippen molar-refractivity contribution in [3.63, 3.8) is 0 Å². The van der Waals surface area contributed by atoms with Gasteiger partial charge in [0.05, 0.1) is 38.0 Å². The van der Waals surface area contributed by atoms with E-state index in [0.29, 0.717) is 17.2 Å². The van der Waals surface area contributed by atoms with E-state index >= 15 is 0 Å². The number of nitrogens with zero attached hydrogens (tertiary/aromatic N) is 2. The van der Waals surface area contributed by atoms with Gasteiger partial charge in [-0.05, 0) is 36.4 Å². The summed E-state index contributed by atoms with van der Waals surface area (Å²) in [6.45, 7) is 1.49. The lowest BCUT2D eigenvalue weighted by molar-refractivity contribution is -0.858. The Morgan fingerprint density at radius 2 is 1.96 bits per heavy atom. The summed E-state index contributed by atoms with van der Waals surface area (Å²) in [6.07, 6.45) is 0.842. The number of fused-ring (bicyclic) bond motifs is 1. The van der Waals surface area contributed by atoms with Crippen LogP contribution in [0.15, 0.2) is 42.5 Å². The summed E-state index contributed by atoms with van der Waals surface area (Å²) >= 11 is 1.47. The van der Waals surface area contributed by atoms with Gasteiger partial charge in [-0.1, -0.05) is 11.3 Å². The lowest BCUT2D eigenvalue weighted by Gasteiger charge is -2.20. The molecule has 0 aliphatic carbocycles. The second kappa shape index (κ2) is 8.45. The van der Waals surface area contributed by atoms with Gasteiger partial charge in [0.1, 0.15) is 11.6 Å². The number of ether oxygens (including phenoxy) is 1. The molecule has 2 aromatic carbocycles. The summed E-state index contributed by atoms with van der Waals surface area (Å²) in [5, 5.41) is 0.640. The third-order valence-corrected chi connectivity index (χ3v) is 5.27. The number of carbonyl (C=O) groups excluding carboxylic acids is 1. The van der Waals surface area contributed by atoms with Gasteiger partial charge in [-0.2, -0.15) is 0 Å². The molecule has 1 amide bonds. The zero-order valence-corrected chi connectivity index (χ0v) is 16.5. The van der Waals surface area contributed by atoms with E-state index in [-0.39, 0.29) is 11.7 Å². The van der Waals surface area contributed by atoms with E-state index in [4.69, 9.17) is 4.74 Å². The van der Waals surface area contributed by atoms with Crippen molar-refractivity contribution in [2.24, 2.45) is 0 Å². The third-order valence-electron chi connectivity index (χ3n) is 4.21. The molecule has 27 heavy (non-hydrogen) atoms. The summed E-state index contributed by atoms with van der Waals surface area (Å²) in [5.74, 6) is 0.197. The molecule has 0 saturated carbocycles. The molecule has 5 nitrogen and oxygen atoms in total. The van der Waals surface area contributed by atoms with E-state index in [9.17, 15) is 9.18 Å². The number of benzene rings is 2. The standard InChI is InChI=1S/C20H22FN3O2S/c1-23(2)11-4-12-24(19(25)14-5-7-15(21)8-6-14)20-22-17-13-16(26-3)9-10-18(17)27-20/h5-10,13H,4,11-12H2,1-3H3/p+1. The van der Waals surface area contributed by atoms with Gasteiger partial charge in [-0.25, -0.2) is 9.37 Å². The van der Waals surface area contributed by atoms with Crippen LogP contribution in [0.4, 0.5) is 9.52 Å². The molecule has 1 aromatic heterocycles. The summed E-state index contributed by atoms with van der Waals surface area (Å²) in [6, 6.07) is 11.3. The SMILES string of the molecule is COc1ccc2sc(N(CCC[NH+](C)C)C(=O)c3ccc(F)cc3)nc2c1. The molecule has 1 N–H and O–H groups in total. The molecule has 0 bridgehead atoms. The first-order valence-electron chi connectivity index (χ1n) is 8.79. The molecule has 0 aliphatic heterocycles. The van der Waals surface area contributed by atoms with E-state index < -0.39 is 0 Å². The average Bonchev–Trinajstić information content (AvgIpc) is 3.07. The van der Waals surface area contributed by atoms with Crippen molar-refractivity contribution in [3.8, 4) is 5.75 Å². The smallest absolute Gasteiger partial charge is 0.260 e. The normalized spacial score (nSPS) is 11.1. The summed E-state index contributed by atoms with van der Waals surface area (Å²) in [7, 11) is 5.77. The number of aromatic nitrogens is 1. The highest BCUT2D eigenvalue weighted by atomic mass is 32.1. The Hall–Kier alpha value is -2.51. The number of methoxy groups -OCH3 is 1. The molecule has 0 unspecified atom stereocenters. The van der Waals surface area contributed by atoms with Gasteiger partial charge in [0.15, 0.2) is 5.13 Å². The molecule has 1 heterocycles. The molecule has 142 valence electrons. The molecule has 3 aromatic rings. The van der Waals surface area contributed by atoms with Gasteiger partial charge in [-0.15, -0.1) is 0 Å². The van der Waals surface area contributed by atoms with Crippen LogP contribution in [-0.4, -0.2) is 45.2 Å². The lowest BCUT2D eigenvalue weighted by Crippen LogP contribution is -3.05. The maximum Gasteiger partial charge on any atom is 0.260 e. The van der Waals surface area contributed by atoms with Gasteiger partial charge >= 0.3 is 0 Å². The summed E-state index contributed by atoms with van der Waals surface area (Å²) in [4.78, 5) is 20.7. The molecule has 0 spiro atoms. The third kappa shape index (κ3) is 4.61. The maximum absolute atomic E-state index is 13.2. The number of halogens is 1. The Morgan fingerprint density at radius 1 is 1.22 bits per heavy atom. The van der Waals surface area contributed by atoms with Crippen molar-refractivity contribution >= 4 is 32.6 Å². The molecule has 3 rings (SSSR count). The Kier molecular flexibility index (Phi) is 6.03. The average molecular weight is 388 g/mol. The van der Waals surface area contributed by atoms with E-state index in [2.05, 4.69) is 19.1 Å². The van der Waals surface area contributed by atoms with Gasteiger partial charge in [0.25, 0.3) is 5.91 Å². The lowest BCUT2D eigenvalue weighted by atomic mass is 10.2. The fourth-order valence-electron chi connectivity index (χ4n) is 2.76. The number of hydrogen-bond donors (Lipinski definition) is 1. The van der Waals surface area contributed by atoms with Crippen LogP contribution in [0.25, 0.3) is 10.2 Å². The van der Waals surface area contributed by atoms with Crippen molar-refractivity contribution < 1.29 is 18.8 Å². The van der Waals surface area contributed by atoms with Crippen molar-refractivity contribution in [2.45, 2.75) is 6.42 Å². The van der Waals surface area contributed by atoms with Crippen LogP contribution < -0.4 is 14.5 Å². The Balaban J connectivity index is 1.93. The number of anilines is 1. The van der Waals surface area contributed by atoms with Crippen LogP contribution in [0.1, 0.15) is 16.8 Å². The minimum atomic E-state index is -0.360. The first-order valence-corrected chi connectivity index (χ1v) is 9.60. The first-order chi connectivity index (χ1) is 13.0. The number of thiazole rings is 1. The van der Waals surface area contributed by atoms with E-state index in [1.54, 1.807) is 12.0 Å². The largest absolute Gasteiger partial charge is 0.497 e. The van der Waals surface area contributed by atoms with Gasteiger partial charge in [-0.3, -0.25) is 9.69 Å². The fraction of sp³-hybridized carbons (Fsp3) is 0.300. The van der Waals surface area contributed by atoms with Crippen LogP contribution >= 0.6 is 11.3 Å². The van der Waals surface area contributed by atoms with Gasteiger partial charge in [0.2, 0.25) is 0 Å². The monoisotopic (exact) mass is 388 g/mol. The minimum absolute atomic E-state index is 0.172. The second-order valence-corrected chi connectivity index (χ2v) is 7.61. The highest BCUT2D eigenvalue weighted by Crippen LogP contribution is 2.32. The molecule has 0 saturated heterocycles. The molecule has 0 aliphatic rings. The van der Waals surface area contributed by atoms with Crippen LogP contribution in [-0.2, 0) is 0 Å². The zero-order valence-electron chi connectivity index (χ0n) is 15.7. The summed E-state index contributed by atoms with van der Waals surface area (Å²) < 4.78 is 19.5.